The molecule has 0 fully saturated rings. The van der Waals surface area contributed by atoms with Crippen molar-refractivity contribution in [2.24, 2.45) is 5.41 Å². The molecule has 0 aliphatic heterocycles. The van der Waals surface area contributed by atoms with Crippen molar-refractivity contribution in [3.05, 3.63) is 94.7 Å². The van der Waals surface area contributed by atoms with Gasteiger partial charge in [-0.15, -0.1) is 0 Å². The van der Waals surface area contributed by atoms with Crippen molar-refractivity contribution in [1.82, 2.24) is 0 Å². The second-order valence-corrected chi connectivity index (χ2v) is 14.1. The molecule has 1 aliphatic carbocycles. The Balaban J connectivity index is 2.44. The third-order valence-electron chi connectivity index (χ3n) is 8.79. The lowest BCUT2D eigenvalue weighted by molar-refractivity contribution is -0.150. The van der Waals surface area contributed by atoms with E-state index in [0.29, 0.717) is 6.42 Å². The summed E-state index contributed by atoms with van der Waals surface area (Å²) in [7, 11) is 0. The highest BCUT2D eigenvalue weighted by Gasteiger charge is 2.34. The number of allylic oxidation sites excluding steroid dienone is 14. The fraction of sp³-hybridized carbons (Fsp3) is 0.581. The number of hydrogen-bond acceptors (Lipinski definition) is 3. The molecule has 0 aromatic rings. The Morgan fingerprint density at radius 1 is 0.723 bits per heavy atom. The van der Waals surface area contributed by atoms with Crippen LogP contribution in [0.1, 0.15) is 151 Å². The molecule has 0 spiro atoms. The van der Waals surface area contributed by atoms with Crippen LogP contribution in [0.25, 0.3) is 0 Å². The summed E-state index contributed by atoms with van der Waals surface area (Å²) >= 11 is 0. The molecule has 4 nitrogen and oxygen atoms in total. The fourth-order valence-electron chi connectivity index (χ4n) is 6.11. The zero-order valence-electron chi connectivity index (χ0n) is 30.9. The molecule has 47 heavy (non-hydrogen) atoms. The van der Waals surface area contributed by atoms with E-state index in [1.165, 1.54) is 81.8 Å². The maximum absolute atomic E-state index is 12.6. The first-order valence-corrected chi connectivity index (χ1v) is 18.3. The van der Waals surface area contributed by atoms with E-state index in [9.17, 15) is 9.59 Å². The van der Waals surface area contributed by atoms with E-state index < -0.39 is 5.97 Å². The molecular weight excluding hydrogens is 580 g/mol. The van der Waals surface area contributed by atoms with Gasteiger partial charge in [0.25, 0.3) is 0 Å². The van der Waals surface area contributed by atoms with Crippen LogP contribution < -0.4 is 0 Å². The lowest BCUT2D eigenvalue weighted by Gasteiger charge is -2.37. The molecule has 0 aromatic carbocycles. The van der Waals surface area contributed by atoms with Gasteiger partial charge in [-0.2, -0.15) is 0 Å². The standard InChI is InChI=1S/C43H66O4/c1-8-9-10-11-12-13-14-15-16-17-18-19-20-28-42(46)47-39-33-38(5)40(43(6,7)34-39)31-29-37(4)27-23-26-35(2)24-21-22-25-36(3)30-32-41(44)45/h21-27,29-32,39H,8-20,28,33-34H2,1-7H3,(H,44,45)/b22-21+,26-23+,31-29+,32-30+,35-24+,36-25+,37-27+. The maximum atomic E-state index is 12.6. The van der Waals surface area contributed by atoms with Gasteiger partial charge < -0.3 is 9.84 Å². The summed E-state index contributed by atoms with van der Waals surface area (Å²) in [6, 6.07) is 0. The van der Waals surface area contributed by atoms with Gasteiger partial charge in [0.1, 0.15) is 6.10 Å². The summed E-state index contributed by atoms with van der Waals surface area (Å²) in [5, 5.41) is 8.70. The van der Waals surface area contributed by atoms with Gasteiger partial charge in [-0.1, -0.05) is 181 Å². The Bertz CT molecular complexity index is 1180. The van der Waals surface area contributed by atoms with Crippen LogP contribution in [-0.4, -0.2) is 23.1 Å². The molecule has 1 aliphatic rings. The minimum atomic E-state index is -0.947. The van der Waals surface area contributed by atoms with Crippen molar-refractivity contribution in [3.8, 4) is 0 Å². The van der Waals surface area contributed by atoms with E-state index >= 15 is 0 Å². The predicted molar refractivity (Wildman–Crippen MR) is 201 cm³/mol. The number of aliphatic carboxylic acids is 1. The Morgan fingerprint density at radius 3 is 1.74 bits per heavy atom. The number of rotatable bonds is 23. The van der Waals surface area contributed by atoms with Crippen LogP contribution in [0.5, 0.6) is 0 Å². The minimum absolute atomic E-state index is 0.0365. The van der Waals surface area contributed by atoms with Crippen molar-refractivity contribution in [2.75, 3.05) is 0 Å². The largest absolute Gasteiger partial charge is 0.478 e. The maximum Gasteiger partial charge on any atom is 0.328 e. The summed E-state index contributed by atoms with van der Waals surface area (Å²) in [6.07, 6.45) is 40.2. The highest BCUT2D eigenvalue weighted by Crippen LogP contribution is 2.42. The number of unbranched alkanes of at least 4 members (excludes halogenated alkanes) is 12. The van der Waals surface area contributed by atoms with Crippen molar-refractivity contribution in [3.63, 3.8) is 0 Å². The van der Waals surface area contributed by atoms with Crippen molar-refractivity contribution >= 4 is 11.9 Å². The van der Waals surface area contributed by atoms with Gasteiger partial charge >= 0.3 is 11.9 Å². The second kappa shape index (κ2) is 25.0. The summed E-state index contributed by atoms with van der Waals surface area (Å²) in [4.78, 5) is 23.2. The highest BCUT2D eigenvalue weighted by molar-refractivity contribution is 5.80. The van der Waals surface area contributed by atoms with Gasteiger partial charge in [-0.05, 0) is 51.5 Å². The molecule has 1 atom stereocenters. The Kier molecular flexibility index (Phi) is 22.2. The van der Waals surface area contributed by atoms with Crippen LogP contribution in [0.15, 0.2) is 94.7 Å². The molecule has 0 heterocycles. The fourth-order valence-corrected chi connectivity index (χ4v) is 6.11. The molecule has 0 amide bonds. The summed E-state index contributed by atoms with van der Waals surface area (Å²) in [5.41, 5.74) is 5.73. The molecule has 0 aromatic heterocycles. The lowest BCUT2D eigenvalue weighted by atomic mass is 9.71. The molecule has 1 unspecified atom stereocenters. The average Bonchev–Trinajstić information content (AvgIpc) is 2.99. The van der Waals surface area contributed by atoms with E-state index in [1.807, 2.05) is 38.2 Å². The number of ether oxygens (including phenoxy) is 1. The van der Waals surface area contributed by atoms with Crippen molar-refractivity contribution < 1.29 is 19.4 Å². The molecule has 1 N–H and O–H groups in total. The third kappa shape index (κ3) is 21.4. The number of carboxylic acid groups (broad SMARTS) is 1. The summed E-state index contributed by atoms with van der Waals surface area (Å²) < 4.78 is 5.96. The lowest BCUT2D eigenvalue weighted by Crippen LogP contribution is -2.31. The van der Waals surface area contributed by atoms with Crippen LogP contribution in [-0.2, 0) is 14.3 Å². The first-order chi connectivity index (χ1) is 22.4. The molecule has 262 valence electrons. The number of hydrogen-bond donors (Lipinski definition) is 1. The van der Waals surface area contributed by atoms with Crippen LogP contribution in [0, 0.1) is 5.41 Å². The smallest absolute Gasteiger partial charge is 0.328 e. The van der Waals surface area contributed by atoms with Gasteiger partial charge in [0.15, 0.2) is 0 Å². The van der Waals surface area contributed by atoms with E-state index in [0.717, 1.165) is 48.5 Å². The normalized spacial score (nSPS) is 18.0. The van der Waals surface area contributed by atoms with Crippen molar-refractivity contribution in [2.45, 2.75) is 157 Å². The van der Waals surface area contributed by atoms with Gasteiger partial charge in [-0.3, -0.25) is 4.79 Å². The predicted octanol–water partition coefficient (Wildman–Crippen LogP) is 12.7. The Labute approximate surface area is 288 Å². The average molecular weight is 647 g/mol. The molecule has 0 radical (unpaired) electrons. The van der Waals surface area contributed by atoms with Crippen LogP contribution in [0.3, 0.4) is 0 Å². The molecule has 4 heteroatoms. The Hall–Kier alpha value is -3.14. The number of carbonyl (C=O) groups is 2. The Morgan fingerprint density at radius 2 is 1.21 bits per heavy atom. The zero-order chi connectivity index (χ0) is 34.9. The molecule has 0 saturated carbocycles. The van der Waals surface area contributed by atoms with Crippen LogP contribution in [0.4, 0.5) is 0 Å². The summed E-state index contributed by atoms with van der Waals surface area (Å²) in [5.74, 6) is -0.984. The van der Waals surface area contributed by atoms with Gasteiger partial charge in [-0.25, -0.2) is 4.79 Å². The monoisotopic (exact) mass is 646 g/mol. The van der Waals surface area contributed by atoms with Crippen LogP contribution >= 0.6 is 0 Å². The molecular formula is C43H66O4. The SMILES string of the molecule is CCCCCCCCCCCCCCCC(=O)OC1CC(C)=C(/C=C/C(C)=C/C=C/C(C)=C/C=C/C=C(C)/C=C/C(=O)O)C(C)(C)C1. The number of carboxylic acids is 1. The van der Waals surface area contributed by atoms with E-state index in [2.05, 4.69) is 65.0 Å². The molecule has 1 rings (SSSR count). The topological polar surface area (TPSA) is 63.6 Å². The second-order valence-electron chi connectivity index (χ2n) is 14.1. The number of esters is 1. The molecule has 0 bridgehead atoms. The van der Waals surface area contributed by atoms with Gasteiger partial charge in [0.05, 0.1) is 0 Å². The highest BCUT2D eigenvalue weighted by atomic mass is 16.5. The number of carbonyl (C=O) groups excluding carboxylic acids is 1. The van der Waals surface area contributed by atoms with Crippen molar-refractivity contribution in [1.29, 1.82) is 0 Å². The van der Waals surface area contributed by atoms with E-state index in [1.54, 1.807) is 6.08 Å². The molecule has 0 saturated heterocycles. The quantitative estimate of drug-likeness (QED) is 0.0519. The van der Waals surface area contributed by atoms with Gasteiger partial charge in [0.2, 0.25) is 0 Å². The van der Waals surface area contributed by atoms with Gasteiger partial charge in [0, 0.05) is 18.9 Å². The first kappa shape index (κ1) is 41.9. The first-order valence-electron chi connectivity index (χ1n) is 18.3. The zero-order valence-corrected chi connectivity index (χ0v) is 30.9. The minimum Gasteiger partial charge on any atom is -0.478 e. The summed E-state index contributed by atoms with van der Waals surface area (Å²) in [6.45, 7) is 15.0. The van der Waals surface area contributed by atoms with E-state index in [4.69, 9.17) is 9.84 Å². The third-order valence-corrected chi connectivity index (χ3v) is 8.79. The van der Waals surface area contributed by atoms with E-state index in [-0.39, 0.29) is 17.5 Å². The van der Waals surface area contributed by atoms with Crippen LogP contribution in [0.2, 0.25) is 0 Å².